The van der Waals surface area contributed by atoms with Crippen LogP contribution in [0.5, 0.6) is 0 Å². The van der Waals surface area contributed by atoms with Gasteiger partial charge in [0.2, 0.25) is 0 Å². The quantitative estimate of drug-likeness (QED) is 0.636. The van der Waals surface area contributed by atoms with Gasteiger partial charge in [0.25, 0.3) is 0 Å². The van der Waals surface area contributed by atoms with Crippen LogP contribution in [-0.4, -0.2) is 42.8 Å². The number of esters is 1. The molecule has 2 saturated carbocycles. The van der Waals surface area contributed by atoms with Gasteiger partial charge >= 0.3 is 5.97 Å². The maximum atomic E-state index is 11.2. The summed E-state index contributed by atoms with van der Waals surface area (Å²) in [5.41, 5.74) is 0.455. The first-order valence-corrected chi connectivity index (χ1v) is 8.70. The van der Waals surface area contributed by atoms with Crippen molar-refractivity contribution in [2.24, 2.45) is 11.3 Å². The smallest absolute Gasteiger partial charge is 0.302 e. The van der Waals surface area contributed by atoms with Crippen LogP contribution in [0.3, 0.4) is 0 Å². The molecule has 0 radical (unpaired) electrons. The molecule has 0 aromatic heterocycles. The lowest BCUT2D eigenvalue weighted by molar-refractivity contribution is -0.146. The Bertz CT molecular complexity index is 482. The van der Waals surface area contributed by atoms with Gasteiger partial charge < -0.3 is 19.3 Å². The normalized spacial score (nSPS) is 39.6. The minimum absolute atomic E-state index is 0.120. The molecule has 130 valence electrons. The second-order valence-electron chi connectivity index (χ2n) is 7.43. The summed E-state index contributed by atoms with van der Waals surface area (Å²) in [5.74, 6) is 0.0106. The van der Waals surface area contributed by atoms with Crippen molar-refractivity contribution in [2.45, 2.75) is 64.3 Å². The van der Waals surface area contributed by atoms with Crippen LogP contribution in [0.25, 0.3) is 0 Å². The van der Waals surface area contributed by atoms with Gasteiger partial charge in [0.1, 0.15) is 0 Å². The second-order valence-corrected chi connectivity index (χ2v) is 7.43. The average Bonchev–Trinajstić information content (AvgIpc) is 3.09. The number of carbonyl (C=O) groups excluding carboxylic acids is 1. The van der Waals surface area contributed by atoms with Crippen molar-refractivity contribution in [3.05, 3.63) is 11.6 Å². The van der Waals surface area contributed by atoms with Crippen molar-refractivity contribution in [1.29, 1.82) is 0 Å². The first-order valence-electron chi connectivity index (χ1n) is 8.70. The number of aliphatic hydroxyl groups is 1. The number of fused-ring (bicyclic) bond motifs is 1. The molecule has 5 heteroatoms. The molecule has 3 atom stereocenters. The van der Waals surface area contributed by atoms with E-state index in [1.807, 2.05) is 0 Å². The Morgan fingerprint density at radius 1 is 1.39 bits per heavy atom. The molecule has 0 spiro atoms. The van der Waals surface area contributed by atoms with Gasteiger partial charge in [0.15, 0.2) is 6.29 Å². The Hall–Kier alpha value is -0.910. The fraction of sp³-hybridized carbons (Fsp3) is 0.833. The van der Waals surface area contributed by atoms with E-state index in [0.717, 1.165) is 32.1 Å². The Kier molecular flexibility index (Phi) is 4.81. The summed E-state index contributed by atoms with van der Waals surface area (Å²) in [6, 6.07) is 0. The van der Waals surface area contributed by atoms with Gasteiger partial charge in [-0.3, -0.25) is 4.79 Å². The molecule has 1 N–H and O–H groups in total. The molecule has 1 saturated heterocycles. The van der Waals surface area contributed by atoms with Gasteiger partial charge in [0.05, 0.1) is 25.4 Å². The molecule has 2 aliphatic carbocycles. The minimum atomic E-state index is -0.681. The highest BCUT2D eigenvalue weighted by Gasteiger charge is 2.58. The summed E-state index contributed by atoms with van der Waals surface area (Å²) in [5, 5.41) is 11.2. The zero-order valence-electron chi connectivity index (χ0n) is 14.2. The number of carbonyl (C=O) groups is 1. The topological polar surface area (TPSA) is 65.0 Å². The molecular formula is C18H28O5. The molecule has 5 nitrogen and oxygen atoms in total. The van der Waals surface area contributed by atoms with Crippen LogP contribution in [0.2, 0.25) is 0 Å². The van der Waals surface area contributed by atoms with E-state index in [4.69, 9.17) is 14.2 Å². The van der Waals surface area contributed by atoms with E-state index in [1.54, 1.807) is 0 Å². The summed E-state index contributed by atoms with van der Waals surface area (Å²) >= 11 is 0. The van der Waals surface area contributed by atoms with E-state index in [0.29, 0.717) is 26.2 Å². The van der Waals surface area contributed by atoms with E-state index in [9.17, 15) is 9.90 Å². The third kappa shape index (κ3) is 3.32. The molecular weight excluding hydrogens is 296 g/mol. The highest BCUT2D eigenvalue weighted by atomic mass is 16.7. The lowest BCUT2D eigenvalue weighted by Crippen LogP contribution is -2.49. The second kappa shape index (κ2) is 6.54. The maximum Gasteiger partial charge on any atom is 0.302 e. The van der Waals surface area contributed by atoms with Crippen LogP contribution in [-0.2, 0) is 19.0 Å². The van der Waals surface area contributed by atoms with Crippen molar-refractivity contribution < 1.29 is 24.1 Å². The standard InChI is InChI=1S/C18H28O5/c1-13(19)23-12-15-6-8-18(20)11-14(5-7-17(15,18)2)3-4-16-21-9-10-22-16/h3,15-16,20H,4-12H2,1-2H3/t15-,17-,18+/m1/s1. The van der Waals surface area contributed by atoms with Crippen molar-refractivity contribution >= 4 is 5.97 Å². The summed E-state index contributed by atoms with van der Waals surface area (Å²) in [7, 11) is 0. The molecule has 3 fully saturated rings. The van der Waals surface area contributed by atoms with E-state index < -0.39 is 5.60 Å². The van der Waals surface area contributed by atoms with Crippen molar-refractivity contribution in [1.82, 2.24) is 0 Å². The van der Waals surface area contributed by atoms with Gasteiger partial charge in [-0.2, -0.15) is 0 Å². The summed E-state index contributed by atoms with van der Waals surface area (Å²) in [6.07, 6.45) is 7.17. The molecule has 0 bridgehead atoms. The van der Waals surface area contributed by atoms with Crippen LogP contribution >= 0.6 is 0 Å². The molecule has 0 amide bonds. The third-order valence-electron chi connectivity index (χ3n) is 6.13. The SMILES string of the molecule is CC(=O)OC[C@H]1CC[C@]2(O)CC(=CCC3OCCO3)CC[C@]12C. The largest absolute Gasteiger partial charge is 0.466 e. The van der Waals surface area contributed by atoms with Crippen LogP contribution in [0.4, 0.5) is 0 Å². The highest BCUT2D eigenvalue weighted by Crippen LogP contribution is 2.59. The van der Waals surface area contributed by atoms with E-state index in [2.05, 4.69) is 13.0 Å². The molecule has 0 aromatic carbocycles. The monoisotopic (exact) mass is 324 g/mol. The van der Waals surface area contributed by atoms with Crippen LogP contribution in [0.15, 0.2) is 11.6 Å². The molecule has 0 aromatic rings. The van der Waals surface area contributed by atoms with Crippen LogP contribution in [0.1, 0.15) is 52.4 Å². The molecule has 3 aliphatic rings. The fourth-order valence-corrected chi connectivity index (χ4v) is 4.47. The van der Waals surface area contributed by atoms with E-state index >= 15 is 0 Å². The lowest BCUT2D eigenvalue weighted by Gasteiger charge is -2.47. The van der Waals surface area contributed by atoms with Crippen LogP contribution in [0, 0.1) is 11.3 Å². The average molecular weight is 324 g/mol. The Labute approximate surface area is 138 Å². The van der Waals surface area contributed by atoms with Crippen molar-refractivity contribution in [3.8, 4) is 0 Å². The Balaban J connectivity index is 1.63. The van der Waals surface area contributed by atoms with Gasteiger partial charge in [-0.25, -0.2) is 0 Å². The van der Waals surface area contributed by atoms with Gasteiger partial charge in [0, 0.05) is 24.7 Å². The fourth-order valence-electron chi connectivity index (χ4n) is 4.47. The number of rotatable bonds is 4. The van der Waals surface area contributed by atoms with Gasteiger partial charge in [-0.05, 0) is 32.1 Å². The number of ether oxygens (including phenoxy) is 3. The van der Waals surface area contributed by atoms with Gasteiger partial charge in [-0.15, -0.1) is 0 Å². The Morgan fingerprint density at radius 3 is 2.83 bits per heavy atom. The van der Waals surface area contributed by atoms with E-state index in [1.165, 1.54) is 12.5 Å². The zero-order chi connectivity index (χ0) is 16.5. The molecule has 0 unspecified atom stereocenters. The predicted octanol–water partition coefficient (Wildman–Crippen LogP) is 2.57. The molecule has 1 aliphatic heterocycles. The first-order chi connectivity index (χ1) is 10.9. The van der Waals surface area contributed by atoms with Crippen molar-refractivity contribution in [2.75, 3.05) is 19.8 Å². The van der Waals surface area contributed by atoms with Crippen molar-refractivity contribution in [3.63, 3.8) is 0 Å². The number of hydrogen-bond donors (Lipinski definition) is 1. The molecule has 1 heterocycles. The summed E-state index contributed by atoms with van der Waals surface area (Å²) in [4.78, 5) is 11.1. The molecule has 3 rings (SSSR count). The number of hydrogen-bond acceptors (Lipinski definition) is 5. The first kappa shape index (κ1) is 16.9. The van der Waals surface area contributed by atoms with Gasteiger partial charge in [-0.1, -0.05) is 18.6 Å². The molecule has 23 heavy (non-hydrogen) atoms. The summed E-state index contributed by atoms with van der Waals surface area (Å²) in [6.45, 7) is 5.38. The van der Waals surface area contributed by atoms with Crippen LogP contribution < -0.4 is 0 Å². The zero-order valence-corrected chi connectivity index (χ0v) is 14.2. The minimum Gasteiger partial charge on any atom is -0.466 e. The lowest BCUT2D eigenvalue weighted by atomic mass is 9.61. The summed E-state index contributed by atoms with van der Waals surface area (Å²) < 4.78 is 16.2. The maximum absolute atomic E-state index is 11.2. The van der Waals surface area contributed by atoms with E-state index in [-0.39, 0.29) is 23.6 Å². The highest BCUT2D eigenvalue weighted by molar-refractivity contribution is 5.65. The Morgan fingerprint density at radius 2 is 2.13 bits per heavy atom. The predicted molar refractivity (Wildman–Crippen MR) is 84.7 cm³/mol. The third-order valence-corrected chi connectivity index (χ3v) is 6.13.